The predicted octanol–water partition coefficient (Wildman–Crippen LogP) is 2.52. The highest BCUT2D eigenvalue weighted by Gasteiger charge is 2.26. The highest BCUT2D eigenvalue weighted by Crippen LogP contribution is 2.23. The zero-order chi connectivity index (χ0) is 11.4. The molecule has 1 aromatic carbocycles. The number of rotatable bonds is 4. The largest absolute Gasteiger partial charge is 0.378 e. The van der Waals surface area contributed by atoms with Crippen molar-refractivity contribution < 1.29 is 4.74 Å². The maximum atomic E-state index is 6.35. The van der Waals surface area contributed by atoms with E-state index in [1.165, 1.54) is 18.4 Å². The van der Waals surface area contributed by atoms with Gasteiger partial charge in [0.05, 0.1) is 6.10 Å². The van der Waals surface area contributed by atoms with Crippen LogP contribution in [-0.4, -0.2) is 18.2 Å². The molecule has 0 radical (unpaired) electrons. The highest BCUT2D eigenvalue weighted by atomic mass is 16.5. The molecule has 0 bridgehead atoms. The molecule has 2 rings (SSSR count). The van der Waals surface area contributed by atoms with Gasteiger partial charge in [-0.1, -0.05) is 30.3 Å². The van der Waals surface area contributed by atoms with Crippen molar-refractivity contribution in [2.45, 2.75) is 44.2 Å². The maximum absolute atomic E-state index is 6.35. The van der Waals surface area contributed by atoms with Crippen molar-refractivity contribution in [3.05, 3.63) is 35.9 Å². The first kappa shape index (κ1) is 11.6. The Labute approximate surface area is 97.8 Å². The Hall–Kier alpha value is -0.860. The zero-order valence-electron chi connectivity index (χ0n) is 9.99. The van der Waals surface area contributed by atoms with E-state index in [4.69, 9.17) is 10.5 Å². The van der Waals surface area contributed by atoms with E-state index < -0.39 is 0 Å². The molecule has 0 amide bonds. The van der Waals surface area contributed by atoms with Crippen molar-refractivity contribution in [3.8, 4) is 0 Å². The van der Waals surface area contributed by atoms with Crippen LogP contribution in [0.1, 0.15) is 31.7 Å². The standard InChI is InChI=1S/C14H21NO/c1-14(15,11-13-8-5-9-16-13)10-12-6-3-2-4-7-12/h2-4,6-7,13H,5,8-11,15H2,1H3. The Kier molecular flexibility index (Phi) is 3.62. The van der Waals surface area contributed by atoms with Crippen molar-refractivity contribution in [3.63, 3.8) is 0 Å². The molecule has 2 heteroatoms. The van der Waals surface area contributed by atoms with E-state index in [-0.39, 0.29) is 5.54 Å². The molecule has 1 fully saturated rings. The molecule has 2 unspecified atom stereocenters. The second kappa shape index (κ2) is 4.98. The average molecular weight is 219 g/mol. The number of ether oxygens (including phenoxy) is 1. The molecule has 1 aliphatic rings. The summed E-state index contributed by atoms with van der Waals surface area (Å²) < 4.78 is 5.65. The van der Waals surface area contributed by atoms with Gasteiger partial charge in [0.15, 0.2) is 0 Å². The minimum absolute atomic E-state index is 0.156. The summed E-state index contributed by atoms with van der Waals surface area (Å²) in [4.78, 5) is 0. The Morgan fingerprint density at radius 2 is 2.12 bits per heavy atom. The lowest BCUT2D eigenvalue weighted by Gasteiger charge is -2.27. The molecule has 88 valence electrons. The molecule has 2 nitrogen and oxygen atoms in total. The fourth-order valence-corrected chi connectivity index (χ4v) is 2.46. The molecular formula is C14H21NO. The van der Waals surface area contributed by atoms with E-state index in [0.29, 0.717) is 6.10 Å². The molecule has 1 aliphatic heterocycles. The summed E-state index contributed by atoms with van der Waals surface area (Å²) in [5, 5.41) is 0. The number of hydrogen-bond acceptors (Lipinski definition) is 2. The van der Waals surface area contributed by atoms with Crippen LogP contribution < -0.4 is 5.73 Å². The first-order valence-corrected chi connectivity index (χ1v) is 6.10. The number of hydrogen-bond donors (Lipinski definition) is 1. The summed E-state index contributed by atoms with van der Waals surface area (Å²) >= 11 is 0. The fourth-order valence-electron chi connectivity index (χ4n) is 2.46. The van der Waals surface area contributed by atoms with Gasteiger partial charge in [-0.3, -0.25) is 0 Å². The normalized spacial score (nSPS) is 24.2. The van der Waals surface area contributed by atoms with Gasteiger partial charge in [0.25, 0.3) is 0 Å². The minimum Gasteiger partial charge on any atom is -0.378 e. The Balaban J connectivity index is 1.91. The number of nitrogens with two attached hydrogens (primary N) is 1. The fraction of sp³-hybridized carbons (Fsp3) is 0.571. The molecule has 0 aliphatic carbocycles. The van der Waals surface area contributed by atoms with Crippen LogP contribution in [0.4, 0.5) is 0 Å². The van der Waals surface area contributed by atoms with Crippen molar-refractivity contribution in [1.82, 2.24) is 0 Å². The first-order valence-electron chi connectivity index (χ1n) is 6.10. The van der Waals surface area contributed by atoms with E-state index in [0.717, 1.165) is 19.4 Å². The van der Waals surface area contributed by atoms with Crippen LogP contribution in [0.15, 0.2) is 30.3 Å². The van der Waals surface area contributed by atoms with Crippen molar-refractivity contribution in [1.29, 1.82) is 0 Å². The van der Waals surface area contributed by atoms with Crippen LogP contribution in [0.25, 0.3) is 0 Å². The van der Waals surface area contributed by atoms with Gasteiger partial charge in [0, 0.05) is 12.1 Å². The summed E-state index contributed by atoms with van der Waals surface area (Å²) in [5.74, 6) is 0. The summed E-state index contributed by atoms with van der Waals surface area (Å²) in [6.45, 7) is 3.04. The van der Waals surface area contributed by atoms with E-state index in [1.807, 2.05) is 6.07 Å². The van der Waals surface area contributed by atoms with E-state index in [2.05, 4.69) is 31.2 Å². The third-order valence-electron chi connectivity index (χ3n) is 3.17. The zero-order valence-corrected chi connectivity index (χ0v) is 9.99. The summed E-state index contributed by atoms with van der Waals surface area (Å²) in [5.41, 5.74) is 7.50. The molecule has 0 aromatic heterocycles. The third-order valence-corrected chi connectivity index (χ3v) is 3.17. The summed E-state index contributed by atoms with van der Waals surface area (Å²) in [6.07, 6.45) is 4.61. The Morgan fingerprint density at radius 3 is 2.75 bits per heavy atom. The second-order valence-corrected chi connectivity index (χ2v) is 5.16. The molecule has 1 aromatic rings. The molecule has 1 saturated heterocycles. The van der Waals surface area contributed by atoms with Crippen LogP contribution >= 0.6 is 0 Å². The molecule has 16 heavy (non-hydrogen) atoms. The molecule has 0 spiro atoms. The van der Waals surface area contributed by atoms with E-state index in [1.54, 1.807) is 0 Å². The van der Waals surface area contributed by atoms with Crippen molar-refractivity contribution >= 4 is 0 Å². The van der Waals surface area contributed by atoms with Gasteiger partial charge in [-0.2, -0.15) is 0 Å². The van der Waals surface area contributed by atoms with Crippen LogP contribution in [0.3, 0.4) is 0 Å². The summed E-state index contributed by atoms with van der Waals surface area (Å²) in [7, 11) is 0. The highest BCUT2D eigenvalue weighted by molar-refractivity contribution is 5.17. The smallest absolute Gasteiger partial charge is 0.0593 e. The van der Waals surface area contributed by atoms with Gasteiger partial charge in [0.1, 0.15) is 0 Å². The van der Waals surface area contributed by atoms with Crippen molar-refractivity contribution in [2.75, 3.05) is 6.61 Å². The third kappa shape index (κ3) is 3.32. The van der Waals surface area contributed by atoms with Crippen LogP contribution in [-0.2, 0) is 11.2 Å². The lowest BCUT2D eigenvalue weighted by molar-refractivity contribution is 0.0859. The average Bonchev–Trinajstić information content (AvgIpc) is 2.70. The maximum Gasteiger partial charge on any atom is 0.0593 e. The van der Waals surface area contributed by atoms with Gasteiger partial charge in [0.2, 0.25) is 0 Å². The van der Waals surface area contributed by atoms with E-state index >= 15 is 0 Å². The molecule has 1 heterocycles. The van der Waals surface area contributed by atoms with Gasteiger partial charge in [-0.15, -0.1) is 0 Å². The first-order chi connectivity index (χ1) is 7.66. The van der Waals surface area contributed by atoms with Gasteiger partial charge in [-0.05, 0) is 38.2 Å². The molecule has 2 N–H and O–H groups in total. The van der Waals surface area contributed by atoms with Gasteiger partial charge in [-0.25, -0.2) is 0 Å². The molecule has 2 atom stereocenters. The van der Waals surface area contributed by atoms with Gasteiger partial charge < -0.3 is 10.5 Å². The quantitative estimate of drug-likeness (QED) is 0.844. The van der Waals surface area contributed by atoms with E-state index in [9.17, 15) is 0 Å². The Bertz CT molecular complexity index is 315. The van der Waals surface area contributed by atoms with Gasteiger partial charge >= 0.3 is 0 Å². The predicted molar refractivity (Wildman–Crippen MR) is 66.3 cm³/mol. The van der Waals surface area contributed by atoms with Crippen LogP contribution in [0.5, 0.6) is 0 Å². The SMILES string of the molecule is CC(N)(Cc1ccccc1)CC1CCCO1. The molecule has 0 saturated carbocycles. The number of benzene rings is 1. The lowest BCUT2D eigenvalue weighted by Crippen LogP contribution is -2.41. The minimum atomic E-state index is -0.156. The Morgan fingerprint density at radius 1 is 1.38 bits per heavy atom. The molecular weight excluding hydrogens is 198 g/mol. The lowest BCUT2D eigenvalue weighted by atomic mass is 9.88. The monoisotopic (exact) mass is 219 g/mol. The van der Waals surface area contributed by atoms with Crippen molar-refractivity contribution in [2.24, 2.45) is 5.73 Å². The van der Waals surface area contributed by atoms with Crippen LogP contribution in [0, 0.1) is 0 Å². The van der Waals surface area contributed by atoms with Crippen LogP contribution in [0.2, 0.25) is 0 Å². The summed E-state index contributed by atoms with van der Waals surface area (Å²) in [6, 6.07) is 10.5. The second-order valence-electron chi connectivity index (χ2n) is 5.16. The topological polar surface area (TPSA) is 35.2 Å².